The average molecular weight is 284 g/mol. The molecule has 2 N–H and O–H groups in total. The van der Waals surface area contributed by atoms with Crippen molar-refractivity contribution >= 4 is 11.6 Å². The Balaban J connectivity index is 1.97. The molecule has 5 heteroatoms. The predicted octanol–water partition coefficient (Wildman–Crippen LogP) is 2.19. The van der Waals surface area contributed by atoms with Gasteiger partial charge in [-0.25, -0.2) is 0 Å². The smallest absolute Gasteiger partial charge is 0.254 e. The maximum Gasteiger partial charge on any atom is 0.254 e. The molecule has 110 valence electrons. The fourth-order valence-corrected chi connectivity index (χ4v) is 2.02. The fraction of sp³-hybridized carbons (Fsp3) is 0.312. The Morgan fingerprint density at radius 3 is 2.86 bits per heavy atom. The van der Waals surface area contributed by atoms with Crippen LogP contribution in [0.4, 0.5) is 5.69 Å². The quantitative estimate of drug-likeness (QED) is 0.853. The van der Waals surface area contributed by atoms with E-state index in [2.05, 4.69) is 20.6 Å². The van der Waals surface area contributed by atoms with Gasteiger partial charge in [0.25, 0.3) is 5.91 Å². The van der Waals surface area contributed by atoms with Crippen LogP contribution in [0.5, 0.6) is 0 Å². The summed E-state index contributed by atoms with van der Waals surface area (Å²) in [7, 11) is 0. The predicted molar refractivity (Wildman–Crippen MR) is 83.4 cm³/mol. The Morgan fingerprint density at radius 2 is 2.14 bits per heavy atom. The lowest BCUT2D eigenvalue weighted by Crippen LogP contribution is -2.27. The van der Waals surface area contributed by atoms with Crippen molar-refractivity contribution in [1.29, 1.82) is 0 Å². The molecule has 21 heavy (non-hydrogen) atoms. The monoisotopic (exact) mass is 284 g/mol. The third kappa shape index (κ3) is 4.27. The van der Waals surface area contributed by atoms with Crippen molar-refractivity contribution < 1.29 is 4.79 Å². The van der Waals surface area contributed by atoms with E-state index < -0.39 is 0 Å². The van der Waals surface area contributed by atoms with Gasteiger partial charge < -0.3 is 10.6 Å². The van der Waals surface area contributed by atoms with E-state index in [-0.39, 0.29) is 5.91 Å². The van der Waals surface area contributed by atoms with Crippen LogP contribution in [0.3, 0.4) is 0 Å². The molecule has 0 spiro atoms. The summed E-state index contributed by atoms with van der Waals surface area (Å²) in [5, 5.41) is 6.10. The summed E-state index contributed by atoms with van der Waals surface area (Å²) in [4.78, 5) is 20.7. The minimum absolute atomic E-state index is 0.116. The van der Waals surface area contributed by atoms with Gasteiger partial charge in [-0.05, 0) is 32.0 Å². The molecule has 0 unspecified atom stereocenters. The summed E-state index contributed by atoms with van der Waals surface area (Å²) >= 11 is 0. The summed E-state index contributed by atoms with van der Waals surface area (Å²) in [6, 6.07) is 7.65. The van der Waals surface area contributed by atoms with Crippen LogP contribution < -0.4 is 10.6 Å². The number of carbonyl (C=O) groups is 1. The van der Waals surface area contributed by atoms with E-state index in [0.29, 0.717) is 18.5 Å². The van der Waals surface area contributed by atoms with Crippen LogP contribution in [0.2, 0.25) is 0 Å². The van der Waals surface area contributed by atoms with Gasteiger partial charge in [-0.1, -0.05) is 6.07 Å². The number of hydrogen-bond acceptors (Lipinski definition) is 4. The van der Waals surface area contributed by atoms with Crippen molar-refractivity contribution in [3.05, 3.63) is 53.6 Å². The molecule has 2 rings (SSSR count). The zero-order chi connectivity index (χ0) is 15.1. The standard InChI is InChI=1S/C16H20N4O/c1-3-17-15-10-12(2)20-11-14(15)16(21)19-9-7-13-6-4-5-8-18-13/h4-6,8,10-11H,3,7,9H2,1-2H3,(H,17,20)(H,19,21). The highest BCUT2D eigenvalue weighted by molar-refractivity contribution is 5.99. The van der Waals surface area contributed by atoms with Crippen LogP contribution in [-0.2, 0) is 6.42 Å². The Hall–Kier alpha value is -2.43. The molecule has 5 nitrogen and oxygen atoms in total. The van der Waals surface area contributed by atoms with Crippen molar-refractivity contribution in [2.45, 2.75) is 20.3 Å². The highest BCUT2D eigenvalue weighted by atomic mass is 16.1. The van der Waals surface area contributed by atoms with Crippen molar-refractivity contribution in [1.82, 2.24) is 15.3 Å². The maximum atomic E-state index is 12.2. The topological polar surface area (TPSA) is 66.9 Å². The van der Waals surface area contributed by atoms with Gasteiger partial charge in [0.2, 0.25) is 0 Å². The van der Waals surface area contributed by atoms with Crippen LogP contribution >= 0.6 is 0 Å². The normalized spacial score (nSPS) is 10.2. The summed E-state index contributed by atoms with van der Waals surface area (Å²) in [5.41, 5.74) is 3.24. The zero-order valence-corrected chi connectivity index (χ0v) is 12.4. The number of aromatic nitrogens is 2. The molecule has 0 saturated heterocycles. The van der Waals surface area contributed by atoms with E-state index in [1.165, 1.54) is 0 Å². The molecule has 0 aliphatic carbocycles. The minimum atomic E-state index is -0.116. The van der Waals surface area contributed by atoms with Gasteiger partial charge in [-0.3, -0.25) is 14.8 Å². The second-order valence-electron chi connectivity index (χ2n) is 4.73. The van der Waals surface area contributed by atoms with Gasteiger partial charge in [0, 0.05) is 43.3 Å². The second kappa shape index (κ2) is 7.38. The zero-order valence-electron chi connectivity index (χ0n) is 12.4. The first-order valence-electron chi connectivity index (χ1n) is 7.09. The van der Waals surface area contributed by atoms with E-state index >= 15 is 0 Å². The number of hydrogen-bond donors (Lipinski definition) is 2. The Bertz CT molecular complexity index is 598. The van der Waals surface area contributed by atoms with Gasteiger partial charge in [0.05, 0.1) is 11.3 Å². The molecule has 1 amide bonds. The maximum absolute atomic E-state index is 12.2. The van der Waals surface area contributed by atoms with Gasteiger partial charge in [-0.15, -0.1) is 0 Å². The molecular formula is C16H20N4O. The number of rotatable bonds is 6. The number of aryl methyl sites for hydroxylation is 1. The minimum Gasteiger partial charge on any atom is -0.385 e. The number of anilines is 1. The number of amides is 1. The van der Waals surface area contributed by atoms with Crippen molar-refractivity contribution in [2.75, 3.05) is 18.4 Å². The Morgan fingerprint density at radius 1 is 1.29 bits per heavy atom. The SMILES string of the molecule is CCNc1cc(C)ncc1C(=O)NCCc1ccccn1. The van der Waals surface area contributed by atoms with E-state index in [9.17, 15) is 4.79 Å². The molecular weight excluding hydrogens is 264 g/mol. The van der Waals surface area contributed by atoms with Crippen molar-refractivity contribution in [3.8, 4) is 0 Å². The van der Waals surface area contributed by atoms with Crippen LogP contribution in [0.15, 0.2) is 36.7 Å². The van der Waals surface area contributed by atoms with E-state index in [4.69, 9.17) is 0 Å². The second-order valence-corrected chi connectivity index (χ2v) is 4.73. The molecule has 0 atom stereocenters. The molecule has 2 aromatic rings. The van der Waals surface area contributed by atoms with Gasteiger partial charge in [0.15, 0.2) is 0 Å². The van der Waals surface area contributed by atoms with Gasteiger partial charge in [0.1, 0.15) is 0 Å². The highest BCUT2D eigenvalue weighted by Crippen LogP contribution is 2.15. The number of pyridine rings is 2. The summed E-state index contributed by atoms with van der Waals surface area (Å²) < 4.78 is 0. The molecule has 0 radical (unpaired) electrons. The van der Waals surface area contributed by atoms with Crippen molar-refractivity contribution in [3.63, 3.8) is 0 Å². The Kier molecular flexibility index (Phi) is 5.26. The third-order valence-electron chi connectivity index (χ3n) is 3.05. The molecule has 2 heterocycles. The molecule has 0 fully saturated rings. The molecule has 0 aromatic carbocycles. The van der Waals surface area contributed by atoms with E-state index in [1.54, 1.807) is 12.4 Å². The van der Waals surface area contributed by atoms with Gasteiger partial charge >= 0.3 is 0 Å². The molecule has 0 aliphatic rings. The average Bonchev–Trinajstić information content (AvgIpc) is 2.49. The van der Waals surface area contributed by atoms with Gasteiger partial charge in [-0.2, -0.15) is 0 Å². The summed E-state index contributed by atoms with van der Waals surface area (Å²) in [6.07, 6.45) is 4.08. The Labute approximate surface area is 124 Å². The molecule has 0 saturated carbocycles. The summed E-state index contributed by atoms with van der Waals surface area (Å²) in [5.74, 6) is -0.116. The number of nitrogens with one attached hydrogen (secondary N) is 2. The first-order chi connectivity index (χ1) is 10.2. The van der Waals surface area contributed by atoms with Crippen LogP contribution in [0.1, 0.15) is 28.7 Å². The first kappa shape index (κ1) is 15.0. The molecule has 2 aromatic heterocycles. The highest BCUT2D eigenvalue weighted by Gasteiger charge is 2.11. The first-order valence-corrected chi connectivity index (χ1v) is 7.09. The van der Waals surface area contributed by atoms with Crippen LogP contribution in [0.25, 0.3) is 0 Å². The van der Waals surface area contributed by atoms with E-state index in [0.717, 1.165) is 23.6 Å². The lowest BCUT2D eigenvalue weighted by atomic mass is 10.2. The fourth-order valence-electron chi connectivity index (χ4n) is 2.02. The third-order valence-corrected chi connectivity index (χ3v) is 3.05. The van der Waals surface area contributed by atoms with E-state index in [1.807, 2.05) is 38.1 Å². The summed E-state index contributed by atoms with van der Waals surface area (Å²) in [6.45, 7) is 5.22. The molecule has 0 aliphatic heterocycles. The van der Waals surface area contributed by atoms with Crippen LogP contribution in [0, 0.1) is 6.92 Å². The van der Waals surface area contributed by atoms with Crippen LogP contribution in [-0.4, -0.2) is 29.0 Å². The number of carbonyl (C=O) groups excluding carboxylic acids is 1. The lowest BCUT2D eigenvalue weighted by Gasteiger charge is -2.11. The number of nitrogens with zero attached hydrogens (tertiary/aromatic N) is 2. The van der Waals surface area contributed by atoms with Crippen molar-refractivity contribution in [2.24, 2.45) is 0 Å². The molecule has 0 bridgehead atoms. The largest absolute Gasteiger partial charge is 0.385 e. The lowest BCUT2D eigenvalue weighted by molar-refractivity contribution is 0.0954.